The molecule has 2 aromatic carbocycles. The molecule has 0 radical (unpaired) electrons. The number of thiophene rings is 1. The molecule has 0 saturated carbocycles. The molecular weight excluding hydrogens is 426 g/mol. The van der Waals surface area contributed by atoms with Crippen LogP contribution in [0.25, 0.3) is 10.9 Å². The van der Waals surface area contributed by atoms with Crippen molar-refractivity contribution in [2.45, 2.75) is 20.0 Å². The van der Waals surface area contributed by atoms with Gasteiger partial charge in [0.1, 0.15) is 5.75 Å². The molecule has 4 aromatic rings. The fourth-order valence-corrected chi connectivity index (χ4v) is 4.36. The second-order valence-electron chi connectivity index (χ2n) is 7.31. The van der Waals surface area contributed by atoms with Crippen LogP contribution in [0.1, 0.15) is 16.0 Å². The van der Waals surface area contributed by atoms with Gasteiger partial charge < -0.3 is 19.9 Å². The Kier molecular flexibility index (Phi) is 6.34. The Hall–Kier alpha value is -3.16. The van der Waals surface area contributed by atoms with E-state index in [2.05, 4.69) is 16.4 Å². The van der Waals surface area contributed by atoms with Crippen LogP contribution in [-0.4, -0.2) is 22.1 Å². The number of thiocarbonyl (C=S) groups is 1. The number of rotatable bonds is 6. The van der Waals surface area contributed by atoms with E-state index in [0.717, 1.165) is 22.2 Å². The van der Waals surface area contributed by atoms with Crippen molar-refractivity contribution < 1.29 is 4.74 Å². The number of nitrogens with one attached hydrogen (secondary N) is 2. The summed E-state index contributed by atoms with van der Waals surface area (Å²) in [5.74, 6) is 0.707. The molecule has 0 aliphatic rings. The summed E-state index contributed by atoms with van der Waals surface area (Å²) in [6.45, 7) is 3.06. The van der Waals surface area contributed by atoms with Gasteiger partial charge >= 0.3 is 0 Å². The van der Waals surface area contributed by atoms with Gasteiger partial charge in [0.25, 0.3) is 5.56 Å². The molecule has 31 heavy (non-hydrogen) atoms. The van der Waals surface area contributed by atoms with Crippen LogP contribution in [-0.2, 0) is 13.1 Å². The van der Waals surface area contributed by atoms with E-state index in [0.29, 0.717) is 29.5 Å². The summed E-state index contributed by atoms with van der Waals surface area (Å²) in [6.07, 6.45) is 0. The molecule has 0 aliphatic heterocycles. The number of aryl methyl sites for hydroxylation is 1. The SMILES string of the molecule is COc1ccc2cc(CN(Cc3cccs3)C(=S)Nc3cccc(C)c3)c(=O)[nH]c2c1. The lowest BCUT2D eigenvalue weighted by Gasteiger charge is -2.25. The minimum atomic E-state index is -0.129. The van der Waals surface area contributed by atoms with Crippen molar-refractivity contribution in [3.8, 4) is 5.75 Å². The molecule has 7 heteroatoms. The van der Waals surface area contributed by atoms with Crippen molar-refractivity contribution in [1.29, 1.82) is 0 Å². The fourth-order valence-electron chi connectivity index (χ4n) is 3.39. The number of nitrogens with zero attached hydrogens (tertiary/aromatic N) is 1. The zero-order valence-corrected chi connectivity index (χ0v) is 19.0. The van der Waals surface area contributed by atoms with E-state index < -0.39 is 0 Å². The first kappa shape index (κ1) is 21.1. The molecule has 2 aromatic heterocycles. The lowest BCUT2D eigenvalue weighted by Crippen LogP contribution is -2.35. The molecule has 158 valence electrons. The number of methoxy groups -OCH3 is 1. The van der Waals surface area contributed by atoms with E-state index in [9.17, 15) is 4.79 Å². The van der Waals surface area contributed by atoms with Crippen molar-refractivity contribution in [2.75, 3.05) is 12.4 Å². The van der Waals surface area contributed by atoms with Crippen LogP contribution in [0, 0.1) is 6.92 Å². The highest BCUT2D eigenvalue weighted by molar-refractivity contribution is 7.80. The van der Waals surface area contributed by atoms with Gasteiger partial charge in [0.05, 0.1) is 25.7 Å². The zero-order chi connectivity index (χ0) is 21.8. The fraction of sp³-hybridized carbons (Fsp3) is 0.167. The molecule has 2 heterocycles. The maximum Gasteiger partial charge on any atom is 0.253 e. The van der Waals surface area contributed by atoms with E-state index in [1.54, 1.807) is 18.4 Å². The Morgan fingerprint density at radius 2 is 2.00 bits per heavy atom. The first-order valence-corrected chi connectivity index (χ1v) is 11.2. The standard InChI is InChI=1S/C24H23N3O2S2/c1-16-5-3-6-19(11-16)25-24(30)27(15-21-7-4-10-31-21)14-18-12-17-8-9-20(29-2)13-22(17)26-23(18)28/h3-13H,14-15H2,1-2H3,(H,25,30)(H,26,28). The molecule has 4 rings (SSSR count). The minimum absolute atomic E-state index is 0.129. The Balaban J connectivity index is 1.63. The zero-order valence-electron chi connectivity index (χ0n) is 17.3. The van der Waals surface area contributed by atoms with Crippen molar-refractivity contribution in [3.63, 3.8) is 0 Å². The normalized spacial score (nSPS) is 10.8. The average molecular weight is 450 g/mol. The Bertz CT molecular complexity index is 1270. The molecule has 0 amide bonds. The van der Waals surface area contributed by atoms with Gasteiger partial charge in [-0.25, -0.2) is 0 Å². The molecule has 5 nitrogen and oxygen atoms in total. The van der Waals surface area contributed by atoms with Crippen molar-refractivity contribution >= 4 is 45.3 Å². The quantitative estimate of drug-likeness (QED) is 0.391. The predicted octanol–water partition coefficient (Wildman–Crippen LogP) is 5.31. The van der Waals surface area contributed by atoms with Gasteiger partial charge in [-0.3, -0.25) is 4.79 Å². The first-order valence-electron chi connectivity index (χ1n) is 9.87. The average Bonchev–Trinajstić information content (AvgIpc) is 3.26. The molecule has 0 spiro atoms. The van der Waals surface area contributed by atoms with Gasteiger partial charge in [-0.15, -0.1) is 11.3 Å². The van der Waals surface area contributed by atoms with Crippen molar-refractivity contribution in [2.24, 2.45) is 0 Å². The number of aromatic amines is 1. The van der Waals surface area contributed by atoms with Gasteiger partial charge in [0.2, 0.25) is 0 Å². The Morgan fingerprint density at radius 1 is 1.13 bits per heavy atom. The Morgan fingerprint density at radius 3 is 2.74 bits per heavy atom. The van der Waals surface area contributed by atoms with E-state index in [-0.39, 0.29) is 5.56 Å². The smallest absolute Gasteiger partial charge is 0.253 e. The highest BCUT2D eigenvalue weighted by Gasteiger charge is 2.15. The summed E-state index contributed by atoms with van der Waals surface area (Å²) in [5.41, 5.74) is 3.36. The second kappa shape index (κ2) is 9.32. The number of hydrogen-bond donors (Lipinski definition) is 2. The number of ether oxygens (including phenoxy) is 1. The third-order valence-electron chi connectivity index (χ3n) is 4.97. The number of anilines is 1. The second-order valence-corrected chi connectivity index (χ2v) is 8.73. The third kappa shape index (κ3) is 5.13. The maximum atomic E-state index is 12.8. The molecule has 0 atom stereocenters. The van der Waals surface area contributed by atoms with E-state index in [4.69, 9.17) is 17.0 Å². The van der Waals surface area contributed by atoms with Gasteiger partial charge in [-0.1, -0.05) is 18.2 Å². The van der Waals surface area contributed by atoms with Gasteiger partial charge in [0, 0.05) is 22.2 Å². The van der Waals surface area contributed by atoms with Crippen LogP contribution in [0.4, 0.5) is 5.69 Å². The maximum absolute atomic E-state index is 12.8. The minimum Gasteiger partial charge on any atom is -0.497 e. The molecular formula is C24H23N3O2S2. The highest BCUT2D eigenvalue weighted by Crippen LogP contribution is 2.20. The molecule has 0 aliphatic carbocycles. The molecule has 0 unspecified atom stereocenters. The number of benzene rings is 2. The summed E-state index contributed by atoms with van der Waals surface area (Å²) in [4.78, 5) is 19.0. The van der Waals surface area contributed by atoms with Gasteiger partial charge in [-0.05, 0) is 71.9 Å². The summed E-state index contributed by atoms with van der Waals surface area (Å²) in [5, 5.41) is 6.89. The molecule has 0 saturated heterocycles. The summed E-state index contributed by atoms with van der Waals surface area (Å²) in [6, 6.07) is 19.7. The van der Waals surface area contributed by atoms with Crippen LogP contribution in [0.15, 0.2) is 70.8 Å². The Labute approximate surface area is 190 Å². The van der Waals surface area contributed by atoms with E-state index in [1.807, 2.05) is 71.8 Å². The van der Waals surface area contributed by atoms with Crippen LogP contribution < -0.4 is 15.6 Å². The molecule has 0 fully saturated rings. The number of H-pyrrole nitrogens is 1. The van der Waals surface area contributed by atoms with E-state index in [1.165, 1.54) is 4.88 Å². The predicted molar refractivity (Wildman–Crippen MR) is 132 cm³/mol. The third-order valence-corrected chi connectivity index (χ3v) is 6.20. The van der Waals surface area contributed by atoms with Gasteiger partial charge in [0.15, 0.2) is 5.11 Å². The summed E-state index contributed by atoms with van der Waals surface area (Å²) < 4.78 is 5.26. The largest absolute Gasteiger partial charge is 0.497 e. The van der Waals surface area contributed by atoms with Crippen LogP contribution in [0.2, 0.25) is 0 Å². The molecule has 2 N–H and O–H groups in total. The highest BCUT2D eigenvalue weighted by atomic mass is 32.1. The van der Waals surface area contributed by atoms with Crippen LogP contribution >= 0.6 is 23.6 Å². The number of aromatic nitrogens is 1. The topological polar surface area (TPSA) is 57.4 Å². The number of hydrogen-bond acceptors (Lipinski definition) is 4. The van der Waals surface area contributed by atoms with Gasteiger partial charge in [-0.2, -0.15) is 0 Å². The first-order chi connectivity index (χ1) is 15.0. The van der Waals surface area contributed by atoms with Crippen molar-refractivity contribution in [1.82, 2.24) is 9.88 Å². The van der Waals surface area contributed by atoms with Crippen LogP contribution in [0.5, 0.6) is 5.75 Å². The lowest BCUT2D eigenvalue weighted by atomic mass is 10.1. The molecule has 0 bridgehead atoms. The summed E-state index contributed by atoms with van der Waals surface area (Å²) in [7, 11) is 1.61. The lowest BCUT2D eigenvalue weighted by molar-refractivity contribution is 0.414. The van der Waals surface area contributed by atoms with Crippen LogP contribution in [0.3, 0.4) is 0 Å². The van der Waals surface area contributed by atoms with Crippen molar-refractivity contribution in [3.05, 3.63) is 92.4 Å². The monoisotopic (exact) mass is 449 g/mol. The number of fused-ring (bicyclic) bond motifs is 1. The summed E-state index contributed by atoms with van der Waals surface area (Å²) >= 11 is 7.41. The van der Waals surface area contributed by atoms with E-state index >= 15 is 0 Å². The number of pyridine rings is 1.